The Morgan fingerprint density at radius 1 is 1.28 bits per heavy atom. The van der Waals surface area contributed by atoms with Crippen molar-refractivity contribution >= 4 is 45.5 Å². The molecule has 0 aliphatic rings. The maximum atomic E-state index is 12.8. The van der Waals surface area contributed by atoms with E-state index >= 15 is 0 Å². The minimum atomic E-state index is -4.43. The largest absolute Gasteiger partial charge is 0.416 e. The van der Waals surface area contributed by atoms with E-state index in [1.54, 1.807) is 6.92 Å². The third kappa shape index (κ3) is 4.93. The van der Waals surface area contributed by atoms with Gasteiger partial charge in [-0.15, -0.1) is 0 Å². The highest BCUT2D eigenvalue weighted by Crippen LogP contribution is 2.32. The van der Waals surface area contributed by atoms with Gasteiger partial charge in [0.1, 0.15) is 17.2 Å². The van der Waals surface area contributed by atoms with Crippen molar-refractivity contribution in [2.24, 2.45) is 0 Å². The van der Waals surface area contributed by atoms with Crippen LogP contribution >= 0.6 is 22.9 Å². The van der Waals surface area contributed by atoms with E-state index in [2.05, 4.69) is 25.6 Å². The van der Waals surface area contributed by atoms with Crippen LogP contribution in [0.2, 0.25) is 5.02 Å². The Kier molecular flexibility index (Phi) is 5.89. The van der Waals surface area contributed by atoms with Gasteiger partial charge in [-0.2, -0.15) is 13.2 Å². The van der Waals surface area contributed by atoms with Gasteiger partial charge in [0.15, 0.2) is 10.8 Å². The molecule has 1 unspecified atom stereocenters. The van der Waals surface area contributed by atoms with Crippen LogP contribution in [0.15, 0.2) is 36.8 Å². The summed E-state index contributed by atoms with van der Waals surface area (Å²) in [6, 6.07) is 4.33. The number of nitrogens with two attached hydrogens (primary N) is 1. The van der Waals surface area contributed by atoms with Gasteiger partial charge >= 0.3 is 6.18 Å². The van der Waals surface area contributed by atoms with E-state index in [4.69, 9.17) is 17.3 Å². The molecule has 0 aliphatic carbocycles. The highest BCUT2D eigenvalue weighted by Gasteiger charge is 2.30. The van der Waals surface area contributed by atoms with Crippen LogP contribution in [0.3, 0.4) is 0 Å². The Morgan fingerprint density at radius 3 is 2.76 bits per heavy atom. The predicted octanol–water partition coefficient (Wildman–Crippen LogP) is 4.42. The normalized spacial score (nSPS) is 12.4. The predicted molar refractivity (Wildman–Crippen MR) is 104 cm³/mol. The first-order valence-electron chi connectivity index (χ1n) is 8.12. The molecule has 2 aromatic heterocycles. The van der Waals surface area contributed by atoms with Crippen LogP contribution < -0.4 is 16.4 Å². The summed E-state index contributed by atoms with van der Waals surface area (Å²) >= 11 is 7.13. The maximum Gasteiger partial charge on any atom is 0.416 e. The van der Waals surface area contributed by atoms with Gasteiger partial charge in [0.25, 0.3) is 5.91 Å². The molecular formula is C17H14ClF3N6OS. The van der Waals surface area contributed by atoms with Crippen molar-refractivity contribution in [3.63, 3.8) is 0 Å². The number of anilines is 3. The summed E-state index contributed by atoms with van der Waals surface area (Å²) in [5.41, 5.74) is 4.99. The summed E-state index contributed by atoms with van der Waals surface area (Å²) in [7, 11) is 0. The fourth-order valence-electron chi connectivity index (χ4n) is 2.32. The van der Waals surface area contributed by atoms with Gasteiger partial charge in [0, 0.05) is 16.8 Å². The third-order valence-electron chi connectivity index (χ3n) is 3.77. The molecule has 0 bridgehead atoms. The number of alkyl halides is 3. The number of aromatic nitrogens is 3. The molecule has 12 heteroatoms. The van der Waals surface area contributed by atoms with Gasteiger partial charge in [-0.25, -0.2) is 15.0 Å². The molecular weight excluding hydrogens is 429 g/mol. The number of hydrogen-bond acceptors (Lipinski definition) is 7. The minimum absolute atomic E-state index is 0.00941. The van der Waals surface area contributed by atoms with Crippen LogP contribution in [0.4, 0.5) is 29.8 Å². The number of nitrogens with one attached hydrogen (secondary N) is 2. The number of nitrogen functional groups attached to an aromatic ring is 1. The molecule has 3 rings (SSSR count). The van der Waals surface area contributed by atoms with Crippen molar-refractivity contribution in [1.29, 1.82) is 0 Å². The molecule has 1 aromatic carbocycles. The molecule has 0 saturated carbocycles. The topological polar surface area (TPSA) is 106 Å². The van der Waals surface area contributed by atoms with Crippen LogP contribution in [0.5, 0.6) is 0 Å². The second-order valence-corrected chi connectivity index (χ2v) is 7.33. The monoisotopic (exact) mass is 442 g/mol. The molecule has 0 radical (unpaired) electrons. The fraction of sp³-hybridized carbons (Fsp3) is 0.176. The molecule has 0 fully saturated rings. The molecule has 1 atom stereocenters. The number of amides is 1. The lowest BCUT2D eigenvalue weighted by Crippen LogP contribution is -2.27. The third-order valence-corrected chi connectivity index (χ3v) is 5.24. The molecule has 4 N–H and O–H groups in total. The van der Waals surface area contributed by atoms with E-state index < -0.39 is 23.7 Å². The molecule has 29 heavy (non-hydrogen) atoms. The van der Waals surface area contributed by atoms with Crippen LogP contribution in [0.25, 0.3) is 0 Å². The summed E-state index contributed by atoms with van der Waals surface area (Å²) in [6.07, 6.45) is -1.79. The van der Waals surface area contributed by atoms with E-state index in [0.717, 1.165) is 18.5 Å². The zero-order valence-electron chi connectivity index (χ0n) is 14.8. The Balaban J connectivity index is 1.69. The first-order valence-corrected chi connectivity index (χ1v) is 9.31. The lowest BCUT2D eigenvalue weighted by atomic mass is 10.2. The van der Waals surface area contributed by atoms with Crippen molar-refractivity contribution in [3.05, 3.63) is 57.9 Å². The molecule has 0 aliphatic heterocycles. The minimum Gasteiger partial charge on any atom is -0.382 e. The maximum absolute atomic E-state index is 12.8. The van der Waals surface area contributed by atoms with E-state index in [9.17, 15) is 18.0 Å². The average Bonchev–Trinajstić information content (AvgIpc) is 3.12. The summed E-state index contributed by atoms with van der Waals surface area (Å²) in [5, 5.41) is 5.87. The van der Waals surface area contributed by atoms with Gasteiger partial charge in [0.05, 0.1) is 11.6 Å². The molecule has 0 spiro atoms. The Bertz CT molecular complexity index is 1040. The van der Waals surface area contributed by atoms with Gasteiger partial charge in [-0.1, -0.05) is 29.0 Å². The van der Waals surface area contributed by atoms with Gasteiger partial charge < -0.3 is 16.4 Å². The fourth-order valence-corrected chi connectivity index (χ4v) is 3.34. The SMILES string of the molecule is CC(NC(=O)c1ncnc(N)c1Cl)c1cnc(Nc2cccc(C(F)(F)F)c2)s1. The standard InChI is InChI=1S/C17H14ClF3N6OS/c1-8(26-15(28)13-12(18)14(22)25-7-24-13)11-6-23-16(29-11)27-10-4-2-3-9(5-10)17(19,20)21/h2-8H,1H3,(H,23,27)(H,26,28)(H2,22,24,25). The van der Waals surface area contributed by atoms with Crippen molar-refractivity contribution in [2.75, 3.05) is 11.1 Å². The molecule has 152 valence electrons. The highest BCUT2D eigenvalue weighted by molar-refractivity contribution is 7.15. The van der Waals surface area contributed by atoms with Crippen molar-refractivity contribution in [2.45, 2.75) is 19.1 Å². The summed E-state index contributed by atoms with van der Waals surface area (Å²) < 4.78 is 38.5. The molecule has 1 amide bonds. The van der Waals surface area contributed by atoms with Crippen LogP contribution in [0, 0.1) is 0 Å². The second-order valence-electron chi connectivity index (χ2n) is 5.89. The highest BCUT2D eigenvalue weighted by atomic mass is 35.5. The van der Waals surface area contributed by atoms with E-state index in [-0.39, 0.29) is 22.2 Å². The number of carbonyl (C=O) groups excluding carboxylic acids is 1. The molecule has 0 saturated heterocycles. The quantitative estimate of drug-likeness (QED) is 0.540. The lowest BCUT2D eigenvalue weighted by Gasteiger charge is -2.12. The molecule has 3 aromatic rings. The lowest BCUT2D eigenvalue weighted by molar-refractivity contribution is -0.137. The van der Waals surface area contributed by atoms with Crippen LogP contribution in [-0.4, -0.2) is 20.9 Å². The van der Waals surface area contributed by atoms with Crippen molar-refractivity contribution < 1.29 is 18.0 Å². The first kappa shape index (κ1) is 20.8. The zero-order valence-corrected chi connectivity index (χ0v) is 16.4. The average molecular weight is 443 g/mol. The number of halogens is 4. The summed E-state index contributed by atoms with van der Waals surface area (Å²) in [4.78, 5) is 24.7. The summed E-state index contributed by atoms with van der Waals surface area (Å²) in [6.45, 7) is 1.72. The van der Waals surface area contributed by atoms with E-state index in [1.165, 1.54) is 29.7 Å². The summed E-state index contributed by atoms with van der Waals surface area (Å²) in [5.74, 6) is -0.553. The first-order chi connectivity index (χ1) is 13.6. The second kappa shape index (κ2) is 8.21. The van der Waals surface area contributed by atoms with Crippen LogP contribution in [-0.2, 0) is 6.18 Å². The number of hydrogen-bond donors (Lipinski definition) is 3. The van der Waals surface area contributed by atoms with E-state index in [1.807, 2.05) is 0 Å². The Labute approximate surface area is 172 Å². The number of nitrogens with zero attached hydrogens (tertiary/aromatic N) is 3. The van der Waals surface area contributed by atoms with Crippen molar-refractivity contribution in [3.8, 4) is 0 Å². The smallest absolute Gasteiger partial charge is 0.382 e. The van der Waals surface area contributed by atoms with Crippen molar-refractivity contribution in [1.82, 2.24) is 20.3 Å². The molecule has 2 heterocycles. The van der Waals surface area contributed by atoms with Crippen LogP contribution in [0.1, 0.15) is 33.9 Å². The number of thiazole rings is 1. The Hall–Kier alpha value is -2.92. The number of rotatable bonds is 5. The van der Waals surface area contributed by atoms with Gasteiger partial charge in [-0.05, 0) is 25.1 Å². The zero-order chi connectivity index (χ0) is 21.2. The van der Waals surface area contributed by atoms with Gasteiger partial charge in [-0.3, -0.25) is 4.79 Å². The van der Waals surface area contributed by atoms with E-state index in [0.29, 0.717) is 10.0 Å². The number of benzene rings is 1. The molecule has 7 nitrogen and oxygen atoms in total. The number of carbonyl (C=O) groups is 1. The Morgan fingerprint density at radius 2 is 2.03 bits per heavy atom. The van der Waals surface area contributed by atoms with Gasteiger partial charge in [0.2, 0.25) is 0 Å².